The second kappa shape index (κ2) is 5.99. The molecule has 100 valence electrons. The van der Waals surface area contributed by atoms with Gasteiger partial charge in [-0.3, -0.25) is 0 Å². The first-order chi connectivity index (χ1) is 9.08. The van der Waals surface area contributed by atoms with Gasteiger partial charge in [-0.1, -0.05) is 29.8 Å². The van der Waals surface area contributed by atoms with E-state index in [-0.39, 0.29) is 12.2 Å². The molecule has 0 aliphatic heterocycles. The summed E-state index contributed by atoms with van der Waals surface area (Å²) in [4.78, 5) is 0. The number of benzene rings is 2. The molecule has 0 fully saturated rings. The summed E-state index contributed by atoms with van der Waals surface area (Å²) in [5.41, 5.74) is 5.87. The van der Waals surface area contributed by atoms with Gasteiger partial charge in [-0.2, -0.15) is 0 Å². The smallest absolute Gasteiger partial charge is 0.163 e. The van der Waals surface area contributed by atoms with Gasteiger partial charge in [-0.15, -0.1) is 0 Å². The van der Waals surface area contributed by atoms with Crippen LogP contribution in [0.3, 0.4) is 0 Å². The van der Waals surface area contributed by atoms with Gasteiger partial charge in [0, 0.05) is 10.6 Å². The van der Waals surface area contributed by atoms with Crippen LogP contribution < -0.4 is 10.5 Å². The lowest BCUT2D eigenvalue weighted by molar-refractivity contribution is 0.286. The van der Waals surface area contributed by atoms with Gasteiger partial charge in [0.2, 0.25) is 0 Å². The van der Waals surface area contributed by atoms with Crippen LogP contribution in [-0.2, 0) is 0 Å². The zero-order valence-electron chi connectivity index (χ0n) is 9.95. The summed E-state index contributed by atoms with van der Waals surface area (Å²) in [6.07, 6.45) is 0. The molecular weight excluding hydrogens is 272 g/mol. The molecule has 1 unspecified atom stereocenters. The average molecular weight is 284 g/mol. The van der Waals surface area contributed by atoms with E-state index in [4.69, 9.17) is 22.1 Å². The Labute approximate surface area is 114 Å². The molecule has 0 aliphatic carbocycles. The minimum absolute atomic E-state index is 0.0285. The SMILES string of the molecule is NC(COc1cccc(Cl)c1)c1cccc(F)c1F. The first-order valence-electron chi connectivity index (χ1n) is 5.66. The molecular formula is C14H12ClF2NO. The standard InChI is InChI=1S/C14H12ClF2NO/c15-9-3-1-4-10(7-9)19-8-13(18)11-5-2-6-12(16)14(11)17/h1-7,13H,8,18H2. The molecule has 0 radical (unpaired) electrons. The number of rotatable bonds is 4. The molecule has 0 saturated heterocycles. The first kappa shape index (κ1) is 13.8. The fourth-order valence-corrected chi connectivity index (χ4v) is 1.82. The Balaban J connectivity index is 2.05. The molecule has 2 aromatic rings. The fourth-order valence-electron chi connectivity index (χ4n) is 1.64. The molecule has 19 heavy (non-hydrogen) atoms. The average Bonchev–Trinajstić information content (AvgIpc) is 2.39. The van der Waals surface area contributed by atoms with Crippen molar-refractivity contribution in [2.75, 3.05) is 6.61 Å². The Kier molecular flexibility index (Phi) is 4.35. The summed E-state index contributed by atoms with van der Waals surface area (Å²) in [7, 11) is 0. The Morgan fingerprint density at radius 3 is 2.63 bits per heavy atom. The van der Waals surface area contributed by atoms with Crippen LogP contribution >= 0.6 is 11.6 Å². The summed E-state index contributed by atoms with van der Waals surface area (Å²) in [6.45, 7) is 0.0285. The van der Waals surface area contributed by atoms with Gasteiger partial charge < -0.3 is 10.5 Å². The Morgan fingerprint density at radius 1 is 1.16 bits per heavy atom. The third-order valence-corrected chi connectivity index (χ3v) is 2.84. The second-order valence-electron chi connectivity index (χ2n) is 4.02. The predicted octanol–water partition coefficient (Wildman–Crippen LogP) is 3.70. The van der Waals surface area contributed by atoms with E-state index >= 15 is 0 Å². The zero-order chi connectivity index (χ0) is 13.8. The van der Waals surface area contributed by atoms with Crippen molar-refractivity contribution in [3.05, 3.63) is 64.7 Å². The summed E-state index contributed by atoms with van der Waals surface area (Å²) >= 11 is 5.80. The molecule has 0 saturated carbocycles. The van der Waals surface area contributed by atoms with Gasteiger partial charge >= 0.3 is 0 Å². The van der Waals surface area contributed by atoms with Crippen LogP contribution in [0.2, 0.25) is 5.02 Å². The Bertz CT molecular complexity index is 577. The van der Waals surface area contributed by atoms with Gasteiger partial charge in [0.1, 0.15) is 12.4 Å². The van der Waals surface area contributed by atoms with Crippen LogP contribution in [0.15, 0.2) is 42.5 Å². The second-order valence-corrected chi connectivity index (χ2v) is 4.45. The van der Waals surface area contributed by atoms with Gasteiger partial charge in [-0.05, 0) is 24.3 Å². The number of halogens is 3. The fraction of sp³-hybridized carbons (Fsp3) is 0.143. The van der Waals surface area contributed by atoms with Crippen molar-refractivity contribution in [1.29, 1.82) is 0 Å². The van der Waals surface area contributed by atoms with Crippen molar-refractivity contribution in [1.82, 2.24) is 0 Å². The van der Waals surface area contributed by atoms with Crippen LogP contribution in [-0.4, -0.2) is 6.61 Å². The summed E-state index contributed by atoms with van der Waals surface area (Å²) in [5.74, 6) is -1.33. The largest absolute Gasteiger partial charge is 0.492 e. The Hall–Kier alpha value is -1.65. The number of hydrogen-bond donors (Lipinski definition) is 1. The zero-order valence-corrected chi connectivity index (χ0v) is 10.7. The molecule has 0 bridgehead atoms. The number of hydrogen-bond acceptors (Lipinski definition) is 2. The minimum atomic E-state index is -0.940. The third kappa shape index (κ3) is 3.43. The monoisotopic (exact) mass is 283 g/mol. The summed E-state index contributed by atoms with van der Waals surface area (Å²) in [5, 5.41) is 0.531. The molecule has 2 N–H and O–H groups in total. The van der Waals surface area contributed by atoms with Crippen molar-refractivity contribution in [2.45, 2.75) is 6.04 Å². The summed E-state index contributed by atoms with van der Waals surface area (Å²) < 4.78 is 32.0. The number of ether oxygens (including phenoxy) is 1. The molecule has 0 heterocycles. The van der Waals surface area contributed by atoms with Crippen LogP contribution in [0.4, 0.5) is 8.78 Å². The molecule has 2 aromatic carbocycles. The van der Waals surface area contributed by atoms with Crippen LogP contribution in [0.5, 0.6) is 5.75 Å². The molecule has 2 rings (SSSR count). The lowest BCUT2D eigenvalue weighted by Crippen LogP contribution is -2.20. The van der Waals surface area contributed by atoms with Gasteiger partial charge in [0.25, 0.3) is 0 Å². The van der Waals surface area contributed by atoms with E-state index < -0.39 is 17.7 Å². The highest BCUT2D eigenvalue weighted by molar-refractivity contribution is 6.30. The van der Waals surface area contributed by atoms with Crippen LogP contribution in [0, 0.1) is 11.6 Å². The normalized spacial score (nSPS) is 12.2. The van der Waals surface area contributed by atoms with E-state index in [9.17, 15) is 8.78 Å². The highest BCUT2D eigenvalue weighted by Crippen LogP contribution is 2.21. The maximum absolute atomic E-state index is 13.5. The highest BCUT2D eigenvalue weighted by atomic mass is 35.5. The molecule has 0 spiro atoms. The van der Waals surface area contributed by atoms with Gasteiger partial charge in [-0.25, -0.2) is 8.78 Å². The van der Waals surface area contributed by atoms with E-state index in [1.807, 2.05) is 0 Å². The van der Waals surface area contributed by atoms with Crippen LogP contribution in [0.25, 0.3) is 0 Å². The molecule has 5 heteroatoms. The molecule has 0 aliphatic rings. The number of nitrogens with two attached hydrogens (primary N) is 1. The maximum Gasteiger partial charge on any atom is 0.163 e. The Morgan fingerprint density at radius 2 is 1.89 bits per heavy atom. The van der Waals surface area contributed by atoms with Crippen molar-refractivity contribution in [3.63, 3.8) is 0 Å². The van der Waals surface area contributed by atoms with Crippen molar-refractivity contribution in [2.24, 2.45) is 5.73 Å². The van der Waals surface area contributed by atoms with Crippen molar-refractivity contribution >= 4 is 11.6 Å². The third-order valence-electron chi connectivity index (χ3n) is 2.61. The first-order valence-corrected chi connectivity index (χ1v) is 6.03. The maximum atomic E-state index is 13.5. The van der Waals surface area contributed by atoms with Crippen molar-refractivity contribution in [3.8, 4) is 5.75 Å². The lowest BCUT2D eigenvalue weighted by Gasteiger charge is -2.14. The molecule has 0 amide bonds. The van der Waals surface area contributed by atoms with Crippen molar-refractivity contribution < 1.29 is 13.5 Å². The predicted molar refractivity (Wildman–Crippen MR) is 70.2 cm³/mol. The van der Waals surface area contributed by atoms with E-state index in [1.54, 1.807) is 24.3 Å². The van der Waals surface area contributed by atoms with E-state index in [2.05, 4.69) is 0 Å². The quantitative estimate of drug-likeness (QED) is 0.929. The van der Waals surface area contributed by atoms with Gasteiger partial charge in [0.15, 0.2) is 11.6 Å². The molecule has 0 aromatic heterocycles. The topological polar surface area (TPSA) is 35.2 Å². The molecule has 1 atom stereocenters. The van der Waals surface area contributed by atoms with E-state index in [1.165, 1.54) is 12.1 Å². The summed E-state index contributed by atoms with van der Waals surface area (Å²) in [6, 6.07) is 9.90. The van der Waals surface area contributed by atoms with Gasteiger partial charge in [0.05, 0.1) is 6.04 Å². The molecule has 2 nitrogen and oxygen atoms in total. The van der Waals surface area contributed by atoms with E-state index in [0.29, 0.717) is 10.8 Å². The van der Waals surface area contributed by atoms with E-state index in [0.717, 1.165) is 6.07 Å². The minimum Gasteiger partial charge on any atom is -0.492 e. The van der Waals surface area contributed by atoms with Crippen LogP contribution in [0.1, 0.15) is 11.6 Å². The lowest BCUT2D eigenvalue weighted by atomic mass is 10.1. The highest BCUT2D eigenvalue weighted by Gasteiger charge is 2.15.